The summed E-state index contributed by atoms with van der Waals surface area (Å²) in [5.74, 6) is 3.63. The van der Waals surface area contributed by atoms with Crippen LogP contribution in [0.2, 0.25) is 0 Å². The zero-order valence-corrected chi connectivity index (χ0v) is 21.0. The second-order valence-electron chi connectivity index (χ2n) is 6.66. The Bertz CT molecular complexity index is 970. The maximum Gasteiger partial charge on any atom is 0.141 e. The molecule has 3 rings (SSSR count). The van der Waals surface area contributed by atoms with Gasteiger partial charge < -0.3 is 23.7 Å². The van der Waals surface area contributed by atoms with Gasteiger partial charge in [0.1, 0.15) is 28.7 Å². The minimum atomic E-state index is -1.27. The topological polar surface area (TPSA) is 46.2 Å². The molecule has 0 unspecified atom stereocenters. The molecule has 0 heterocycles. The molecule has 3 aromatic carbocycles. The van der Waals surface area contributed by atoms with E-state index in [1.807, 2.05) is 42.5 Å². The number of rotatable bonds is 8. The van der Waals surface area contributed by atoms with Crippen molar-refractivity contribution < 1.29 is 23.7 Å². The van der Waals surface area contributed by atoms with Crippen molar-refractivity contribution in [2.45, 2.75) is 6.92 Å². The first-order valence-corrected chi connectivity index (χ1v) is 11.7. The van der Waals surface area contributed by atoms with Gasteiger partial charge >= 0.3 is 0 Å². The molecule has 3 aromatic rings. The minimum absolute atomic E-state index is 0.720. The summed E-state index contributed by atoms with van der Waals surface area (Å²) in [7, 11) is 7.05. The molecule has 7 heteroatoms. The van der Waals surface area contributed by atoms with Crippen molar-refractivity contribution >= 4 is 39.8 Å². The van der Waals surface area contributed by atoms with Gasteiger partial charge in [-0.25, -0.2) is 0 Å². The summed E-state index contributed by atoms with van der Waals surface area (Å²) in [4.78, 5) is 0. The molecule has 0 bridgehead atoms. The standard InChI is InChI=1S/C24H26BrO5P/c1-15-13-16(25)22(30-6)21(14-15)31(23-17(26-2)9-7-10-18(23)27-3)24-19(28-4)11-8-12-20(24)29-5/h7-14H,1-6H3. The van der Waals surface area contributed by atoms with E-state index in [9.17, 15) is 0 Å². The van der Waals surface area contributed by atoms with E-state index in [0.717, 1.165) is 54.7 Å². The second-order valence-corrected chi connectivity index (χ2v) is 9.56. The monoisotopic (exact) mass is 504 g/mol. The van der Waals surface area contributed by atoms with Crippen LogP contribution in [0.15, 0.2) is 53.0 Å². The Hall–Kier alpha value is -2.43. The maximum absolute atomic E-state index is 5.86. The van der Waals surface area contributed by atoms with Gasteiger partial charge in [0, 0.05) is 13.2 Å². The van der Waals surface area contributed by atoms with E-state index in [1.165, 1.54) is 0 Å². The summed E-state index contributed by atoms with van der Waals surface area (Å²) >= 11 is 3.67. The van der Waals surface area contributed by atoms with Crippen molar-refractivity contribution in [3.05, 3.63) is 58.6 Å². The Morgan fingerprint density at radius 3 is 1.42 bits per heavy atom. The van der Waals surface area contributed by atoms with Gasteiger partial charge in [-0.2, -0.15) is 0 Å². The van der Waals surface area contributed by atoms with E-state index in [4.69, 9.17) is 23.7 Å². The van der Waals surface area contributed by atoms with Gasteiger partial charge in [-0.15, -0.1) is 0 Å². The van der Waals surface area contributed by atoms with Crippen molar-refractivity contribution in [3.8, 4) is 28.7 Å². The van der Waals surface area contributed by atoms with Gasteiger partial charge in [-0.05, 0) is 64.8 Å². The average molecular weight is 505 g/mol. The van der Waals surface area contributed by atoms with Gasteiger partial charge in [0.2, 0.25) is 0 Å². The van der Waals surface area contributed by atoms with Crippen molar-refractivity contribution in [1.82, 2.24) is 0 Å². The number of hydrogen-bond acceptors (Lipinski definition) is 5. The van der Waals surface area contributed by atoms with Gasteiger partial charge in [0.25, 0.3) is 0 Å². The molecule has 0 N–H and O–H groups in total. The predicted molar refractivity (Wildman–Crippen MR) is 130 cm³/mol. The van der Waals surface area contributed by atoms with E-state index in [0.29, 0.717) is 0 Å². The van der Waals surface area contributed by atoms with Gasteiger partial charge in [0.15, 0.2) is 0 Å². The molecule has 0 amide bonds. The van der Waals surface area contributed by atoms with Crippen LogP contribution in [0.5, 0.6) is 28.7 Å². The van der Waals surface area contributed by atoms with Crippen molar-refractivity contribution in [1.29, 1.82) is 0 Å². The fourth-order valence-corrected chi connectivity index (χ4v) is 7.42. The van der Waals surface area contributed by atoms with Crippen LogP contribution in [0, 0.1) is 6.92 Å². The van der Waals surface area contributed by atoms with Gasteiger partial charge in [0.05, 0.1) is 50.6 Å². The Labute approximate surface area is 193 Å². The molecule has 0 aliphatic carbocycles. The predicted octanol–water partition coefficient (Wildman–Crippen LogP) is 4.56. The lowest BCUT2D eigenvalue weighted by molar-refractivity contribution is 0.399. The summed E-state index contributed by atoms with van der Waals surface area (Å²) in [6.07, 6.45) is 0. The molecular weight excluding hydrogens is 479 g/mol. The quantitative estimate of drug-likeness (QED) is 0.421. The highest BCUT2D eigenvalue weighted by molar-refractivity contribution is 9.10. The summed E-state index contributed by atoms with van der Waals surface area (Å²) in [5, 5.41) is 2.83. The number of halogens is 1. The molecular formula is C24H26BrO5P. The molecule has 0 aliphatic rings. The van der Waals surface area contributed by atoms with Crippen LogP contribution in [0.25, 0.3) is 0 Å². The smallest absolute Gasteiger partial charge is 0.141 e. The fourth-order valence-electron chi connectivity index (χ4n) is 3.54. The SMILES string of the molecule is COc1cccc(OC)c1P(c1cc(C)cc(Br)c1OC)c1c(OC)cccc1OC. The van der Waals surface area contributed by atoms with E-state index in [1.54, 1.807) is 35.5 Å². The number of hydrogen-bond donors (Lipinski definition) is 0. The molecule has 0 atom stereocenters. The van der Waals surface area contributed by atoms with Crippen molar-refractivity contribution in [2.24, 2.45) is 0 Å². The Morgan fingerprint density at radius 1 is 0.645 bits per heavy atom. The molecule has 0 spiro atoms. The minimum Gasteiger partial charge on any atom is -0.496 e. The normalized spacial score (nSPS) is 10.7. The first kappa shape index (κ1) is 23.2. The first-order chi connectivity index (χ1) is 15.0. The van der Waals surface area contributed by atoms with Crippen LogP contribution in [0.4, 0.5) is 0 Å². The van der Waals surface area contributed by atoms with Crippen molar-refractivity contribution in [2.75, 3.05) is 35.5 Å². The van der Waals surface area contributed by atoms with Crippen molar-refractivity contribution in [3.63, 3.8) is 0 Å². The third-order valence-electron chi connectivity index (χ3n) is 4.86. The largest absolute Gasteiger partial charge is 0.496 e. The van der Waals surface area contributed by atoms with Crippen LogP contribution in [-0.2, 0) is 0 Å². The summed E-state index contributed by atoms with van der Waals surface area (Å²) in [6, 6.07) is 15.7. The highest BCUT2D eigenvalue weighted by Gasteiger charge is 2.32. The van der Waals surface area contributed by atoms with Crippen LogP contribution < -0.4 is 39.6 Å². The number of aryl methyl sites for hydroxylation is 1. The molecule has 0 aliphatic heterocycles. The zero-order chi connectivity index (χ0) is 22.5. The lowest BCUT2D eigenvalue weighted by Crippen LogP contribution is -2.27. The van der Waals surface area contributed by atoms with E-state index >= 15 is 0 Å². The van der Waals surface area contributed by atoms with Crippen LogP contribution in [-0.4, -0.2) is 35.5 Å². The third-order valence-corrected chi connectivity index (χ3v) is 8.04. The number of ether oxygens (including phenoxy) is 5. The summed E-state index contributed by atoms with van der Waals surface area (Å²) in [6.45, 7) is 2.06. The highest BCUT2D eigenvalue weighted by Crippen LogP contribution is 2.48. The first-order valence-electron chi connectivity index (χ1n) is 9.56. The van der Waals surface area contributed by atoms with Crippen LogP contribution in [0.1, 0.15) is 5.56 Å². The second kappa shape index (κ2) is 10.3. The Kier molecular flexibility index (Phi) is 7.69. The molecule has 0 saturated heterocycles. The molecule has 0 radical (unpaired) electrons. The summed E-state index contributed by atoms with van der Waals surface area (Å²) < 4.78 is 29.9. The van der Waals surface area contributed by atoms with Crippen LogP contribution >= 0.6 is 23.9 Å². The molecule has 5 nitrogen and oxygen atoms in total. The highest BCUT2D eigenvalue weighted by atomic mass is 79.9. The lowest BCUT2D eigenvalue weighted by atomic mass is 10.2. The Morgan fingerprint density at radius 2 is 1.06 bits per heavy atom. The zero-order valence-electron chi connectivity index (χ0n) is 18.5. The summed E-state index contributed by atoms with van der Waals surface area (Å²) in [5.41, 5.74) is 1.10. The third kappa shape index (κ3) is 4.46. The molecule has 0 aromatic heterocycles. The number of benzene rings is 3. The maximum atomic E-state index is 5.86. The van der Waals surface area contributed by atoms with Gasteiger partial charge in [-0.1, -0.05) is 12.1 Å². The number of methoxy groups -OCH3 is 5. The molecule has 0 fully saturated rings. The van der Waals surface area contributed by atoms with Gasteiger partial charge in [-0.3, -0.25) is 0 Å². The van der Waals surface area contributed by atoms with Crippen LogP contribution in [0.3, 0.4) is 0 Å². The van der Waals surface area contributed by atoms with E-state index in [2.05, 4.69) is 28.9 Å². The lowest BCUT2D eigenvalue weighted by Gasteiger charge is -2.28. The molecule has 0 saturated carbocycles. The Balaban J connectivity index is 2.51. The van der Waals surface area contributed by atoms with E-state index in [-0.39, 0.29) is 0 Å². The molecule has 31 heavy (non-hydrogen) atoms. The molecule has 164 valence electrons. The average Bonchev–Trinajstić information content (AvgIpc) is 2.79. The van der Waals surface area contributed by atoms with E-state index < -0.39 is 7.92 Å². The fraction of sp³-hybridized carbons (Fsp3) is 0.250.